The van der Waals surface area contributed by atoms with Gasteiger partial charge < -0.3 is 10.2 Å². The lowest BCUT2D eigenvalue weighted by atomic mass is 9.83. The molecule has 1 unspecified atom stereocenters. The van der Waals surface area contributed by atoms with E-state index in [0.717, 1.165) is 6.26 Å². The normalized spacial score (nSPS) is 22.1. The third-order valence-electron chi connectivity index (χ3n) is 4.29. The molecule has 0 saturated heterocycles. The molecule has 0 bridgehead atoms. The van der Waals surface area contributed by atoms with Crippen molar-refractivity contribution in [2.75, 3.05) is 12.9 Å². The molecule has 1 aliphatic rings. The smallest absolute Gasteiger partial charge is 0.322 e. The van der Waals surface area contributed by atoms with Gasteiger partial charge in [-0.25, -0.2) is 0 Å². The van der Waals surface area contributed by atoms with Gasteiger partial charge in [0.25, 0.3) is 10.1 Å². The predicted molar refractivity (Wildman–Crippen MR) is 85.9 cm³/mol. The molecular formula is C14H14Cl2O7S. The summed E-state index contributed by atoms with van der Waals surface area (Å²) in [6, 6.07) is 4.32. The van der Waals surface area contributed by atoms with E-state index in [9.17, 15) is 28.2 Å². The topological polar surface area (TPSA) is 118 Å². The number of benzene rings is 1. The van der Waals surface area contributed by atoms with Crippen LogP contribution in [-0.2, 0) is 29.3 Å². The van der Waals surface area contributed by atoms with Gasteiger partial charge in [-0.15, -0.1) is 0 Å². The van der Waals surface area contributed by atoms with Gasteiger partial charge in [0.2, 0.25) is 0 Å². The van der Waals surface area contributed by atoms with Crippen LogP contribution < -0.4 is 0 Å². The second-order valence-corrected chi connectivity index (χ2v) is 8.14. The van der Waals surface area contributed by atoms with Crippen LogP contribution in [0.3, 0.4) is 0 Å². The summed E-state index contributed by atoms with van der Waals surface area (Å²) in [6.07, 6.45) is 0.541. The number of carboxylic acid groups (broad SMARTS) is 2. The Morgan fingerprint density at radius 1 is 1.21 bits per heavy atom. The number of halogens is 2. The van der Waals surface area contributed by atoms with Crippen LogP contribution in [0.25, 0.3) is 0 Å². The Labute approximate surface area is 148 Å². The third kappa shape index (κ3) is 3.11. The van der Waals surface area contributed by atoms with E-state index < -0.39 is 32.9 Å². The number of hydrogen-bond acceptors (Lipinski definition) is 5. The van der Waals surface area contributed by atoms with Gasteiger partial charge in [-0.1, -0.05) is 29.3 Å². The lowest BCUT2D eigenvalue weighted by Crippen LogP contribution is -2.35. The van der Waals surface area contributed by atoms with Crippen LogP contribution in [0.15, 0.2) is 18.2 Å². The van der Waals surface area contributed by atoms with E-state index in [4.69, 9.17) is 23.2 Å². The van der Waals surface area contributed by atoms with Crippen LogP contribution in [0.1, 0.15) is 18.4 Å². The number of hydrogen-bond donors (Lipinski definition) is 2. The number of carboxylic acids is 2. The minimum absolute atomic E-state index is 0.114. The summed E-state index contributed by atoms with van der Waals surface area (Å²) in [5.74, 6) is -3.00. The molecule has 0 spiro atoms. The van der Waals surface area contributed by atoms with Crippen molar-refractivity contribution >= 4 is 45.3 Å². The van der Waals surface area contributed by atoms with Gasteiger partial charge in [-0.05, 0) is 30.5 Å². The molecule has 10 heteroatoms. The third-order valence-corrected chi connectivity index (χ3v) is 5.62. The van der Waals surface area contributed by atoms with Crippen molar-refractivity contribution in [2.24, 2.45) is 5.41 Å². The SMILES string of the molecule is CS(=O)(=O)OCCC1(c2ccc(Cl)c(Cl)c2)CC1(C(=O)O)C(=O)O. The molecule has 1 aromatic rings. The molecule has 0 aromatic heterocycles. The van der Waals surface area contributed by atoms with Crippen LogP contribution in [0.5, 0.6) is 0 Å². The maximum Gasteiger partial charge on any atom is 0.322 e. The zero-order chi connectivity index (χ0) is 18.3. The van der Waals surface area contributed by atoms with E-state index in [1.807, 2.05) is 0 Å². The summed E-state index contributed by atoms with van der Waals surface area (Å²) >= 11 is 11.8. The molecule has 2 rings (SSSR count). The van der Waals surface area contributed by atoms with Crippen molar-refractivity contribution in [1.29, 1.82) is 0 Å². The molecule has 1 aromatic carbocycles. The fourth-order valence-electron chi connectivity index (χ4n) is 3.02. The van der Waals surface area contributed by atoms with Crippen LogP contribution in [0.2, 0.25) is 10.0 Å². The Balaban J connectivity index is 2.45. The van der Waals surface area contributed by atoms with Gasteiger partial charge in [-0.3, -0.25) is 13.8 Å². The second kappa shape index (κ2) is 6.18. The molecule has 0 amide bonds. The van der Waals surface area contributed by atoms with Gasteiger partial charge in [0.1, 0.15) is 0 Å². The Morgan fingerprint density at radius 2 is 1.79 bits per heavy atom. The highest BCUT2D eigenvalue weighted by molar-refractivity contribution is 7.85. The van der Waals surface area contributed by atoms with Crippen LogP contribution in [0, 0.1) is 5.41 Å². The molecule has 0 heterocycles. The highest BCUT2D eigenvalue weighted by Gasteiger charge is 2.77. The quantitative estimate of drug-likeness (QED) is 0.535. The molecule has 2 N–H and O–H groups in total. The number of rotatable bonds is 7. The summed E-state index contributed by atoms with van der Waals surface area (Å²) in [6.45, 7) is -0.346. The molecule has 1 saturated carbocycles. The molecule has 24 heavy (non-hydrogen) atoms. The fraction of sp³-hybridized carbons (Fsp3) is 0.429. The van der Waals surface area contributed by atoms with Gasteiger partial charge in [0, 0.05) is 5.41 Å². The van der Waals surface area contributed by atoms with Crippen molar-refractivity contribution in [3.63, 3.8) is 0 Å². The monoisotopic (exact) mass is 396 g/mol. The lowest BCUT2D eigenvalue weighted by Gasteiger charge is -2.21. The van der Waals surface area contributed by atoms with E-state index in [0.29, 0.717) is 5.56 Å². The summed E-state index contributed by atoms with van der Waals surface area (Å²) in [5.41, 5.74) is -3.03. The largest absolute Gasteiger partial charge is 0.480 e. The van der Waals surface area contributed by atoms with Crippen molar-refractivity contribution in [3.8, 4) is 0 Å². The molecule has 1 aliphatic carbocycles. The predicted octanol–water partition coefficient (Wildman–Crippen LogP) is 2.16. The second-order valence-electron chi connectivity index (χ2n) is 5.68. The zero-order valence-electron chi connectivity index (χ0n) is 12.5. The average molecular weight is 397 g/mol. The standard InChI is InChI=1S/C14H14Cl2O7S/c1-24(21,22)23-5-4-13(7-14(13,11(17)18)12(19)20)8-2-3-9(15)10(16)6-8/h2-3,6H,4-5,7H2,1H3,(H,17,18)(H,19,20). The van der Waals surface area contributed by atoms with Crippen molar-refractivity contribution < 1.29 is 32.4 Å². The molecule has 0 radical (unpaired) electrons. The molecule has 7 nitrogen and oxygen atoms in total. The van der Waals surface area contributed by atoms with Crippen LogP contribution in [0.4, 0.5) is 0 Å². The fourth-order valence-corrected chi connectivity index (χ4v) is 3.70. The Hall–Kier alpha value is -1.35. The molecular weight excluding hydrogens is 383 g/mol. The minimum atomic E-state index is -3.74. The van der Waals surface area contributed by atoms with E-state index in [2.05, 4.69) is 4.18 Å². The molecule has 0 aliphatic heterocycles. The Kier molecular flexibility index (Phi) is 4.89. The van der Waals surface area contributed by atoms with E-state index >= 15 is 0 Å². The minimum Gasteiger partial charge on any atom is -0.480 e. The number of carbonyl (C=O) groups is 2. The van der Waals surface area contributed by atoms with Crippen LogP contribution >= 0.6 is 23.2 Å². The summed E-state index contributed by atoms with van der Waals surface area (Å²) in [4.78, 5) is 23.3. The first-order valence-corrected chi connectivity index (χ1v) is 9.30. The van der Waals surface area contributed by atoms with Crippen LogP contribution in [-0.4, -0.2) is 43.4 Å². The first-order valence-electron chi connectivity index (χ1n) is 6.73. The van der Waals surface area contributed by atoms with Crippen molar-refractivity contribution in [2.45, 2.75) is 18.3 Å². The molecule has 1 fully saturated rings. The summed E-state index contributed by atoms with van der Waals surface area (Å²) in [5, 5.41) is 19.3. The summed E-state index contributed by atoms with van der Waals surface area (Å²) in [7, 11) is -3.74. The summed E-state index contributed by atoms with van der Waals surface area (Å²) < 4.78 is 26.9. The number of aliphatic carboxylic acids is 2. The first-order chi connectivity index (χ1) is 11.0. The zero-order valence-corrected chi connectivity index (χ0v) is 14.8. The lowest BCUT2D eigenvalue weighted by molar-refractivity contribution is -0.158. The van der Waals surface area contributed by atoms with E-state index in [1.54, 1.807) is 0 Å². The van der Waals surface area contributed by atoms with Gasteiger partial charge in [0.15, 0.2) is 5.41 Å². The van der Waals surface area contributed by atoms with E-state index in [-0.39, 0.29) is 29.5 Å². The highest BCUT2D eigenvalue weighted by Crippen LogP contribution is 2.67. The highest BCUT2D eigenvalue weighted by atomic mass is 35.5. The Bertz CT molecular complexity index is 791. The maximum absolute atomic E-state index is 11.6. The Morgan fingerprint density at radius 3 is 2.21 bits per heavy atom. The maximum atomic E-state index is 11.6. The van der Waals surface area contributed by atoms with Crippen molar-refractivity contribution in [3.05, 3.63) is 33.8 Å². The van der Waals surface area contributed by atoms with Gasteiger partial charge in [-0.2, -0.15) is 8.42 Å². The first kappa shape index (κ1) is 19.0. The van der Waals surface area contributed by atoms with E-state index in [1.165, 1.54) is 18.2 Å². The average Bonchev–Trinajstić information content (AvgIpc) is 3.12. The van der Waals surface area contributed by atoms with Gasteiger partial charge in [0.05, 0.1) is 22.9 Å². The van der Waals surface area contributed by atoms with Crippen molar-refractivity contribution in [1.82, 2.24) is 0 Å². The van der Waals surface area contributed by atoms with Gasteiger partial charge >= 0.3 is 11.9 Å². The molecule has 132 valence electrons. The molecule has 1 atom stereocenters.